The van der Waals surface area contributed by atoms with Crippen LogP contribution in [0.5, 0.6) is 0 Å². The van der Waals surface area contributed by atoms with E-state index in [2.05, 4.69) is 23.1 Å². The molecule has 4 N–H and O–H groups in total. The molecule has 2 rings (SSSR count). The van der Waals surface area contributed by atoms with Crippen molar-refractivity contribution in [2.45, 2.75) is 26.6 Å². The molecule has 0 bridgehead atoms. The second-order valence-corrected chi connectivity index (χ2v) is 3.97. The molecule has 15 heavy (non-hydrogen) atoms. The minimum atomic E-state index is 0.610. The predicted octanol–water partition coefficient (Wildman–Crippen LogP) is 1.28. The highest BCUT2D eigenvalue weighted by Crippen LogP contribution is 2.26. The van der Waals surface area contributed by atoms with Crippen LogP contribution in [0.15, 0.2) is 30.1 Å². The molecule has 3 heteroatoms. The fourth-order valence-corrected chi connectivity index (χ4v) is 1.93. The maximum atomic E-state index is 5.62. The third-order valence-electron chi connectivity index (χ3n) is 2.97. The van der Waals surface area contributed by atoms with E-state index in [0.717, 1.165) is 18.8 Å². The van der Waals surface area contributed by atoms with E-state index in [1.807, 2.05) is 6.92 Å². The Labute approximate surface area is 90.4 Å². The number of rotatable bonds is 2. The third kappa shape index (κ3) is 1.83. The molecule has 0 aromatic heterocycles. The zero-order chi connectivity index (χ0) is 10.8. The van der Waals surface area contributed by atoms with E-state index in [0.29, 0.717) is 6.54 Å². The SMILES string of the molecule is C/C(=C/N)N1Cc2ccc(CN)cc2C1. The van der Waals surface area contributed by atoms with Crippen LogP contribution in [0.25, 0.3) is 0 Å². The lowest BCUT2D eigenvalue weighted by atomic mass is 10.1. The smallest absolute Gasteiger partial charge is 0.0434 e. The summed E-state index contributed by atoms with van der Waals surface area (Å²) in [6.45, 7) is 4.55. The maximum absolute atomic E-state index is 5.62. The molecule has 0 unspecified atom stereocenters. The maximum Gasteiger partial charge on any atom is 0.0434 e. The van der Waals surface area contributed by atoms with Gasteiger partial charge in [0.2, 0.25) is 0 Å². The van der Waals surface area contributed by atoms with Gasteiger partial charge >= 0.3 is 0 Å². The average Bonchev–Trinajstić information content (AvgIpc) is 2.70. The molecular weight excluding hydrogens is 186 g/mol. The summed E-state index contributed by atoms with van der Waals surface area (Å²) in [7, 11) is 0. The minimum absolute atomic E-state index is 0.610. The standard InChI is InChI=1S/C12H17N3/c1-9(5-13)15-7-11-3-2-10(6-14)4-12(11)8-15/h2-5H,6-8,13-14H2,1H3/b9-5-. The second kappa shape index (κ2) is 3.95. The van der Waals surface area contributed by atoms with Gasteiger partial charge in [-0.2, -0.15) is 0 Å². The van der Waals surface area contributed by atoms with Crippen LogP contribution >= 0.6 is 0 Å². The number of nitrogens with zero attached hydrogens (tertiary/aromatic N) is 1. The van der Waals surface area contributed by atoms with E-state index in [1.165, 1.54) is 16.7 Å². The highest BCUT2D eigenvalue weighted by molar-refractivity contribution is 5.35. The van der Waals surface area contributed by atoms with Crippen LogP contribution in [-0.2, 0) is 19.6 Å². The Morgan fingerprint density at radius 3 is 2.80 bits per heavy atom. The summed E-state index contributed by atoms with van der Waals surface area (Å²) in [5.41, 5.74) is 16.2. The first-order chi connectivity index (χ1) is 7.24. The van der Waals surface area contributed by atoms with Gasteiger partial charge in [0, 0.05) is 31.5 Å². The molecular formula is C12H17N3. The summed E-state index contributed by atoms with van der Waals surface area (Å²) in [6.07, 6.45) is 1.66. The predicted molar refractivity (Wildman–Crippen MR) is 61.5 cm³/mol. The molecule has 1 aromatic carbocycles. The van der Waals surface area contributed by atoms with E-state index in [-0.39, 0.29) is 0 Å². The molecule has 0 radical (unpaired) electrons. The van der Waals surface area contributed by atoms with Gasteiger partial charge in [0.05, 0.1) is 0 Å². The van der Waals surface area contributed by atoms with Crippen LogP contribution in [0.1, 0.15) is 23.6 Å². The average molecular weight is 203 g/mol. The highest BCUT2D eigenvalue weighted by atomic mass is 15.1. The first-order valence-electron chi connectivity index (χ1n) is 5.19. The Morgan fingerprint density at radius 2 is 2.13 bits per heavy atom. The van der Waals surface area contributed by atoms with E-state index < -0.39 is 0 Å². The Balaban J connectivity index is 2.23. The van der Waals surface area contributed by atoms with Gasteiger partial charge in [-0.15, -0.1) is 0 Å². The van der Waals surface area contributed by atoms with Crippen LogP contribution in [0.4, 0.5) is 0 Å². The van der Waals surface area contributed by atoms with Crippen molar-refractivity contribution in [2.75, 3.05) is 0 Å². The Kier molecular flexibility index (Phi) is 2.64. The van der Waals surface area contributed by atoms with Gasteiger partial charge in [-0.3, -0.25) is 0 Å². The molecule has 1 aliphatic heterocycles. The fourth-order valence-electron chi connectivity index (χ4n) is 1.93. The largest absolute Gasteiger partial charge is 0.403 e. The van der Waals surface area contributed by atoms with Crippen molar-refractivity contribution in [3.8, 4) is 0 Å². The molecule has 0 spiro atoms. The molecule has 0 amide bonds. The number of nitrogens with two attached hydrogens (primary N) is 2. The summed E-state index contributed by atoms with van der Waals surface area (Å²) in [6, 6.07) is 6.46. The lowest BCUT2D eigenvalue weighted by Crippen LogP contribution is -2.14. The molecule has 0 saturated heterocycles. The molecule has 0 aliphatic carbocycles. The summed E-state index contributed by atoms with van der Waals surface area (Å²) < 4.78 is 0. The summed E-state index contributed by atoms with van der Waals surface area (Å²) in [5.74, 6) is 0. The van der Waals surface area contributed by atoms with E-state index in [4.69, 9.17) is 11.5 Å². The van der Waals surface area contributed by atoms with Crippen LogP contribution in [0, 0.1) is 0 Å². The lowest BCUT2D eigenvalue weighted by molar-refractivity contribution is 0.363. The summed E-state index contributed by atoms with van der Waals surface area (Å²) in [4.78, 5) is 2.27. The quantitative estimate of drug-likeness (QED) is 0.761. The first-order valence-corrected chi connectivity index (χ1v) is 5.19. The van der Waals surface area contributed by atoms with Gasteiger partial charge < -0.3 is 16.4 Å². The monoisotopic (exact) mass is 203 g/mol. The Hall–Kier alpha value is -1.48. The van der Waals surface area contributed by atoms with Crippen molar-refractivity contribution in [3.63, 3.8) is 0 Å². The van der Waals surface area contributed by atoms with E-state index in [1.54, 1.807) is 6.20 Å². The van der Waals surface area contributed by atoms with Crippen LogP contribution < -0.4 is 11.5 Å². The molecule has 3 nitrogen and oxygen atoms in total. The van der Waals surface area contributed by atoms with Crippen LogP contribution in [-0.4, -0.2) is 4.90 Å². The fraction of sp³-hybridized carbons (Fsp3) is 0.333. The highest BCUT2D eigenvalue weighted by Gasteiger charge is 2.18. The number of benzene rings is 1. The van der Waals surface area contributed by atoms with Crippen molar-refractivity contribution in [1.29, 1.82) is 0 Å². The molecule has 1 aliphatic rings. The number of allylic oxidation sites excluding steroid dienone is 1. The normalized spacial score (nSPS) is 15.6. The molecule has 80 valence electrons. The van der Waals surface area contributed by atoms with Crippen molar-refractivity contribution in [3.05, 3.63) is 46.8 Å². The van der Waals surface area contributed by atoms with E-state index >= 15 is 0 Å². The molecule has 0 fully saturated rings. The zero-order valence-corrected chi connectivity index (χ0v) is 9.03. The summed E-state index contributed by atoms with van der Waals surface area (Å²) in [5, 5.41) is 0. The van der Waals surface area contributed by atoms with Crippen molar-refractivity contribution in [2.24, 2.45) is 11.5 Å². The second-order valence-electron chi connectivity index (χ2n) is 3.97. The van der Waals surface area contributed by atoms with Crippen molar-refractivity contribution >= 4 is 0 Å². The van der Waals surface area contributed by atoms with Gasteiger partial charge in [0.1, 0.15) is 0 Å². The van der Waals surface area contributed by atoms with Crippen LogP contribution in [0.2, 0.25) is 0 Å². The molecule has 1 heterocycles. The molecule has 0 atom stereocenters. The zero-order valence-electron chi connectivity index (χ0n) is 9.03. The minimum Gasteiger partial charge on any atom is -0.403 e. The van der Waals surface area contributed by atoms with Gasteiger partial charge in [0.25, 0.3) is 0 Å². The Bertz CT molecular complexity index is 396. The lowest BCUT2D eigenvalue weighted by Gasteiger charge is -2.17. The topological polar surface area (TPSA) is 55.3 Å². The van der Waals surface area contributed by atoms with E-state index in [9.17, 15) is 0 Å². The number of fused-ring (bicyclic) bond motifs is 1. The molecule has 0 saturated carbocycles. The van der Waals surface area contributed by atoms with Gasteiger partial charge in [-0.25, -0.2) is 0 Å². The van der Waals surface area contributed by atoms with Crippen molar-refractivity contribution < 1.29 is 0 Å². The number of hydrogen-bond acceptors (Lipinski definition) is 3. The van der Waals surface area contributed by atoms with Crippen molar-refractivity contribution in [1.82, 2.24) is 4.90 Å². The van der Waals surface area contributed by atoms with Gasteiger partial charge in [-0.1, -0.05) is 18.2 Å². The first kappa shape index (κ1) is 10.1. The third-order valence-corrected chi connectivity index (χ3v) is 2.97. The van der Waals surface area contributed by atoms with Crippen LogP contribution in [0.3, 0.4) is 0 Å². The Morgan fingerprint density at radius 1 is 1.40 bits per heavy atom. The number of hydrogen-bond donors (Lipinski definition) is 2. The molecule has 1 aromatic rings. The summed E-state index contributed by atoms with van der Waals surface area (Å²) >= 11 is 0. The van der Waals surface area contributed by atoms with Gasteiger partial charge in [0.15, 0.2) is 0 Å². The van der Waals surface area contributed by atoms with Gasteiger partial charge in [-0.05, 0) is 23.6 Å².